The van der Waals surface area contributed by atoms with Crippen molar-refractivity contribution in [2.24, 2.45) is 11.7 Å². The normalized spacial score (nSPS) is 24.1. The molecule has 0 radical (unpaired) electrons. The molecule has 1 aromatic rings. The van der Waals surface area contributed by atoms with E-state index in [0.29, 0.717) is 0 Å². The topological polar surface area (TPSA) is 127 Å². The summed E-state index contributed by atoms with van der Waals surface area (Å²) in [5.41, 5.74) is 6.90. The first-order chi connectivity index (χ1) is 12.8. The van der Waals surface area contributed by atoms with Gasteiger partial charge in [-0.15, -0.1) is 0 Å². The van der Waals surface area contributed by atoms with Crippen LogP contribution in [0.25, 0.3) is 0 Å². The molecule has 3 N–H and O–H groups in total. The number of esters is 1. The molecule has 0 saturated carbocycles. The second kappa shape index (κ2) is 7.43. The van der Waals surface area contributed by atoms with E-state index in [-0.39, 0.29) is 29.4 Å². The number of Topliss-reactive ketones (excluding diaryl/α,β-unsaturated/α-hetero) is 1. The molecule has 8 nitrogen and oxygen atoms in total. The van der Waals surface area contributed by atoms with Crippen LogP contribution in [0.4, 0.5) is 0 Å². The Labute approximate surface area is 159 Å². The van der Waals surface area contributed by atoms with Gasteiger partial charge in [0, 0.05) is 18.9 Å². The zero-order valence-electron chi connectivity index (χ0n) is 14.5. The first kappa shape index (κ1) is 19.0. The van der Waals surface area contributed by atoms with E-state index < -0.39 is 35.2 Å². The second-order valence-electron chi connectivity index (χ2n) is 6.27. The van der Waals surface area contributed by atoms with Crippen molar-refractivity contribution in [1.29, 1.82) is 0 Å². The smallest absolute Gasteiger partial charge is 0.331 e. The van der Waals surface area contributed by atoms with Crippen LogP contribution in [-0.4, -0.2) is 51.7 Å². The van der Waals surface area contributed by atoms with Crippen LogP contribution in [0.2, 0.25) is 0 Å². The van der Waals surface area contributed by atoms with Crippen molar-refractivity contribution in [2.45, 2.75) is 24.8 Å². The first-order valence-electron chi connectivity index (χ1n) is 8.21. The molecule has 0 spiro atoms. The van der Waals surface area contributed by atoms with E-state index in [9.17, 15) is 24.3 Å². The van der Waals surface area contributed by atoms with Crippen molar-refractivity contribution in [3.05, 3.63) is 46.5 Å². The third kappa shape index (κ3) is 3.55. The van der Waals surface area contributed by atoms with Gasteiger partial charge in [-0.05, 0) is 5.56 Å². The van der Waals surface area contributed by atoms with Crippen molar-refractivity contribution in [3.8, 4) is 0 Å². The summed E-state index contributed by atoms with van der Waals surface area (Å²) in [5, 5.41) is 9.06. The van der Waals surface area contributed by atoms with Crippen LogP contribution in [0.1, 0.15) is 12.5 Å². The molecular formula is C18H18N2O6S. The van der Waals surface area contributed by atoms with Crippen molar-refractivity contribution >= 4 is 35.4 Å². The van der Waals surface area contributed by atoms with Gasteiger partial charge in [-0.25, -0.2) is 4.79 Å². The molecule has 1 amide bonds. The Morgan fingerprint density at radius 1 is 1.26 bits per heavy atom. The van der Waals surface area contributed by atoms with Gasteiger partial charge < -0.3 is 20.5 Å². The van der Waals surface area contributed by atoms with Crippen LogP contribution in [0.3, 0.4) is 0 Å². The van der Waals surface area contributed by atoms with E-state index in [4.69, 9.17) is 10.5 Å². The Hall–Kier alpha value is -2.81. The van der Waals surface area contributed by atoms with E-state index in [1.54, 1.807) is 24.3 Å². The molecule has 3 rings (SSSR count). The lowest BCUT2D eigenvalue weighted by Gasteiger charge is -2.51. The van der Waals surface area contributed by atoms with E-state index in [1.807, 2.05) is 6.07 Å². The van der Waals surface area contributed by atoms with Gasteiger partial charge in [-0.1, -0.05) is 42.1 Å². The Bertz CT molecular complexity index is 838. The third-order valence-electron chi connectivity index (χ3n) is 4.49. The number of β-lactam (4-membered cyclic amide) rings is 1. The number of amides is 1. The van der Waals surface area contributed by atoms with Crippen LogP contribution in [0.15, 0.2) is 40.9 Å². The molecule has 0 unspecified atom stereocenters. The monoisotopic (exact) mass is 390 g/mol. The molecule has 2 aliphatic rings. The molecule has 3 atom stereocenters. The number of aliphatic carboxylic acids is 1. The van der Waals surface area contributed by atoms with Crippen molar-refractivity contribution in [1.82, 2.24) is 4.90 Å². The number of carboxylic acids is 1. The maximum atomic E-state index is 12.6. The van der Waals surface area contributed by atoms with E-state index >= 15 is 0 Å². The number of carbonyl (C=O) groups is 4. The van der Waals surface area contributed by atoms with Crippen molar-refractivity contribution in [2.75, 3.05) is 6.61 Å². The standard InChI is InChI=1S/C18H18N2O6S/c1-9(21)26-8-11-14(18(24)25)20-16(23)13(17(20)27-15(11)19)12(22)7-10-5-3-2-4-6-10/h2-6,13-14,17H,7-8,19H2,1H3,(H,24,25)/t13-,14-,17-/m1/s1. The molecule has 0 aromatic heterocycles. The van der Waals surface area contributed by atoms with Gasteiger partial charge in [-0.2, -0.15) is 0 Å². The van der Waals surface area contributed by atoms with Crippen LogP contribution < -0.4 is 5.73 Å². The van der Waals surface area contributed by atoms with Crippen LogP contribution >= 0.6 is 11.8 Å². The van der Waals surface area contributed by atoms with Crippen LogP contribution in [0.5, 0.6) is 0 Å². The molecule has 2 aliphatic heterocycles. The summed E-state index contributed by atoms with van der Waals surface area (Å²) in [6, 6.07) is 7.67. The van der Waals surface area contributed by atoms with Gasteiger partial charge in [0.05, 0.1) is 5.03 Å². The minimum atomic E-state index is -1.34. The van der Waals surface area contributed by atoms with Crippen molar-refractivity contribution < 1.29 is 29.0 Å². The summed E-state index contributed by atoms with van der Waals surface area (Å²) in [6.45, 7) is 0.878. The van der Waals surface area contributed by atoms with Gasteiger partial charge in [0.25, 0.3) is 0 Å². The predicted molar refractivity (Wildman–Crippen MR) is 96.1 cm³/mol. The molecule has 0 bridgehead atoms. The van der Waals surface area contributed by atoms with E-state index in [2.05, 4.69) is 0 Å². The molecule has 9 heteroatoms. The molecule has 2 heterocycles. The highest BCUT2D eigenvalue weighted by atomic mass is 32.2. The predicted octanol–water partition coefficient (Wildman–Crippen LogP) is 0.516. The number of nitrogens with two attached hydrogens (primary N) is 1. The van der Waals surface area contributed by atoms with Crippen molar-refractivity contribution in [3.63, 3.8) is 0 Å². The fourth-order valence-corrected chi connectivity index (χ4v) is 4.52. The highest BCUT2D eigenvalue weighted by Crippen LogP contribution is 2.46. The number of carboxylic acid groups (broad SMARTS) is 1. The number of ether oxygens (including phenoxy) is 1. The largest absolute Gasteiger partial charge is 0.479 e. The lowest BCUT2D eigenvalue weighted by Crippen LogP contribution is -2.69. The quantitative estimate of drug-likeness (QED) is 0.409. The summed E-state index contributed by atoms with van der Waals surface area (Å²) in [6.07, 6.45) is 0.0871. The summed E-state index contributed by atoms with van der Waals surface area (Å²) >= 11 is 1.05. The Morgan fingerprint density at radius 2 is 1.93 bits per heavy atom. The maximum Gasteiger partial charge on any atom is 0.331 e. The minimum Gasteiger partial charge on any atom is -0.479 e. The van der Waals surface area contributed by atoms with Crippen LogP contribution in [0, 0.1) is 5.92 Å². The Balaban J connectivity index is 1.81. The summed E-state index contributed by atoms with van der Waals surface area (Å²) in [4.78, 5) is 49.1. The highest BCUT2D eigenvalue weighted by molar-refractivity contribution is 8.03. The first-order valence-corrected chi connectivity index (χ1v) is 9.09. The zero-order chi connectivity index (χ0) is 19.7. The third-order valence-corrected chi connectivity index (χ3v) is 5.74. The Morgan fingerprint density at radius 3 is 2.52 bits per heavy atom. The molecular weight excluding hydrogens is 372 g/mol. The average Bonchev–Trinajstić information content (AvgIpc) is 2.60. The number of fused-ring (bicyclic) bond motifs is 1. The fourth-order valence-electron chi connectivity index (χ4n) is 3.20. The summed E-state index contributed by atoms with van der Waals surface area (Å²) in [7, 11) is 0. The number of benzene rings is 1. The lowest BCUT2D eigenvalue weighted by molar-refractivity contribution is -0.166. The van der Waals surface area contributed by atoms with Gasteiger partial charge in [-0.3, -0.25) is 14.4 Å². The summed E-state index contributed by atoms with van der Waals surface area (Å²) in [5.74, 6) is -3.63. The fraction of sp³-hybridized carbons (Fsp3) is 0.333. The number of carbonyl (C=O) groups excluding carboxylic acids is 3. The number of thioether (sulfide) groups is 1. The number of nitrogens with zero attached hydrogens (tertiary/aromatic N) is 1. The number of rotatable bonds is 6. The summed E-state index contributed by atoms with van der Waals surface area (Å²) < 4.78 is 4.87. The molecule has 142 valence electrons. The van der Waals surface area contributed by atoms with Gasteiger partial charge >= 0.3 is 11.9 Å². The second-order valence-corrected chi connectivity index (χ2v) is 7.43. The molecule has 0 aliphatic carbocycles. The number of ketones is 1. The van der Waals surface area contributed by atoms with Crippen LogP contribution in [-0.2, 0) is 30.3 Å². The number of hydrogen-bond donors (Lipinski definition) is 2. The lowest BCUT2D eigenvalue weighted by atomic mass is 9.86. The highest BCUT2D eigenvalue weighted by Gasteiger charge is 2.59. The molecule has 1 saturated heterocycles. The number of hydrogen-bond acceptors (Lipinski definition) is 7. The van der Waals surface area contributed by atoms with Gasteiger partial charge in [0.2, 0.25) is 5.91 Å². The minimum absolute atomic E-state index is 0.0871. The zero-order valence-corrected chi connectivity index (χ0v) is 15.3. The molecule has 1 fully saturated rings. The van der Waals surface area contributed by atoms with Gasteiger partial charge in [0.1, 0.15) is 17.9 Å². The molecule has 27 heavy (non-hydrogen) atoms. The van der Waals surface area contributed by atoms with Gasteiger partial charge in [0.15, 0.2) is 11.8 Å². The SMILES string of the molecule is CC(=O)OCC1=C(N)S[C@@H]2[C@H](C(=O)Cc3ccccc3)C(=O)N2[C@H]1C(=O)O. The van der Waals surface area contributed by atoms with E-state index in [0.717, 1.165) is 22.2 Å². The molecule has 1 aromatic carbocycles. The Kier molecular flexibility index (Phi) is 5.22. The average molecular weight is 390 g/mol. The maximum absolute atomic E-state index is 12.6. The van der Waals surface area contributed by atoms with E-state index in [1.165, 1.54) is 6.92 Å².